The zero-order valence-corrected chi connectivity index (χ0v) is 14.7. The second-order valence-electron chi connectivity index (χ2n) is 5.72. The van der Waals surface area contributed by atoms with Crippen molar-refractivity contribution in [1.29, 1.82) is 0 Å². The van der Waals surface area contributed by atoms with Gasteiger partial charge in [-0.1, -0.05) is 36.4 Å². The summed E-state index contributed by atoms with van der Waals surface area (Å²) < 4.78 is 26.3. The molecular weight excluding hydrogens is 324 g/mol. The van der Waals surface area contributed by atoms with Crippen LogP contribution in [-0.2, 0) is 21.2 Å². The van der Waals surface area contributed by atoms with Crippen LogP contribution in [0.4, 0.5) is 5.69 Å². The number of carbonyl (C=O) groups is 1. The van der Waals surface area contributed by atoms with Gasteiger partial charge in [0.15, 0.2) is 0 Å². The Morgan fingerprint density at radius 3 is 2.38 bits per heavy atom. The van der Waals surface area contributed by atoms with E-state index in [0.717, 1.165) is 16.7 Å². The minimum absolute atomic E-state index is 0.0477. The molecule has 2 aromatic rings. The van der Waals surface area contributed by atoms with Crippen molar-refractivity contribution < 1.29 is 13.2 Å². The van der Waals surface area contributed by atoms with Crippen LogP contribution in [0, 0.1) is 13.8 Å². The van der Waals surface area contributed by atoms with Crippen molar-refractivity contribution in [3.05, 3.63) is 65.2 Å². The van der Waals surface area contributed by atoms with E-state index in [1.165, 1.54) is 0 Å². The third-order valence-corrected chi connectivity index (χ3v) is 5.07. The van der Waals surface area contributed by atoms with Gasteiger partial charge < -0.3 is 5.32 Å². The molecule has 0 spiro atoms. The zero-order chi connectivity index (χ0) is 17.6. The molecule has 5 nitrogen and oxygen atoms in total. The predicted molar refractivity (Wildman–Crippen MR) is 96.5 cm³/mol. The molecule has 0 bridgehead atoms. The lowest BCUT2D eigenvalue weighted by Crippen LogP contribution is -2.34. The summed E-state index contributed by atoms with van der Waals surface area (Å²) in [7, 11) is -3.49. The first-order valence-corrected chi connectivity index (χ1v) is 9.39. The van der Waals surface area contributed by atoms with Gasteiger partial charge in [0.1, 0.15) is 0 Å². The number of nitrogens with one attached hydrogen (secondary N) is 2. The molecular formula is C18H22N2O3S. The highest BCUT2D eigenvalue weighted by molar-refractivity contribution is 7.89. The Balaban J connectivity index is 1.82. The highest BCUT2D eigenvalue weighted by atomic mass is 32.2. The SMILES string of the molecule is Cc1ccc(NC(=O)CNS(=O)(=O)CCc2ccccc2)cc1C. The number of rotatable bonds is 7. The first kappa shape index (κ1) is 18.2. The second kappa shape index (κ2) is 8.08. The molecule has 2 aromatic carbocycles. The van der Waals surface area contributed by atoms with E-state index in [0.29, 0.717) is 12.1 Å². The van der Waals surface area contributed by atoms with E-state index in [2.05, 4.69) is 10.0 Å². The quantitative estimate of drug-likeness (QED) is 0.808. The van der Waals surface area contributed by atoms with Crippen molar-refractivity contribution in [2.75, 3.05) is 17.6 Å². The van der Waals surface area contributed by atoms with E-state index < -0.39 is 10.0 Å². The fourth-order valence-electron chi connectivity index (χ4n) is 2.17. The van der Waals surface area contributed by atoms with Gasteiger partial charge in [0.05, 0.1) is 12.3 Å². The Hall–Kier alpha value is -2.18. The first-order chi connectivity index (χ1) is 11.4. The Morgan fingerprint density at radius 2 is 1.71 bits per heavy atom. The molecule has 1 amide bonds. The molecule has 0 saturated heterocycles. The van der Waals surface area contributed by atoms with Crippen LogP contribution in [0.2, 0.25) is 0 Å². The highest BCUT2D eigenvalue weighted by Crippen LogP contribution is 2.13. The molecule has 0 heterocycles. The minimum Gasteiger partial charge on any atom is -0.325 e. The van der Waals surface area contributed by atoms with Crippen LogP contribution in [0.5, 0.6) is 0 Å². The van der Waals surface area contributed by atoms with Crippen LogP contribution in [0.1, 0.15) is 16.7 Å². The standard InChI is InChI=1S/C18H22N2O3S/c1-14-8-9-17(12-15(14)2)20-18(21)13-19-24(22,23)11-10-16-6-4-3-5-7-16/h3-9,12,19H,10-11,13H2,1-2H3,(H,20,21). The topological polar surface area (TPSA) is 75.3 Å². The van der Waals surface area contributed by atoms with E-state index in [9.17, 15) is 13.2 Å². The normalized spacial score (nSPS) is 11.2. The maximum absolute atomic E-state index is 12.0. The van der Waals surface area contributed by atoms with E-state index in [-0.39, 0.29) is 18.2 Å². The van der Waals surface area contributed by atoms with E-state index in [4.69, 9.17) is 0 Å². The van der Waals surface area contributed by atoms with Crippen LogP contribution in [0.15, 0.2) is 48.5 Å². The molecule has 0 aliphatic rings. The number of hydrogen-bond donors (Lipinski definition) is 2. The Labute approximate surface area is 143 Å². The molecule has 0 unspecified atom stereocenters. The number of amides is 1. The van der Waals surface area contributed by atoms with Gasteiger partial charge in [0.2, 0.25) is 15.9 Å². The monoisotopic (exact) mass is 346 g/mol. The summed E-state index contributed by atoms with van der Waals surface area (Å²) in [5.41, 5.74) is 3.81. The summed E-state index contributed by atoms with van der Waals surface area (Å²) in [5.74, 6) is -0.435. The average Bonchev–Trinajstić information content (AvgIpc) is 2.56. The Kier molecular flexibility index (Phi) is 6.11. The summed E-state index contributed by atoms with van der Waals surface area (Å²) >= 11 is 0. The lowest BCUT2D eigenvalue weighted by Gasteiger charge is -2.09. The van der Waals surface area contributed by atoms with Crippen LogP contribution >= 0.6 is 0 Å². The van der Waals surface area contributed by atoms with Crippen molar-refractivity contribution in [2.45, 2.75) is 20.3 Å². The summed E-state index contributed by atoms with van der Waals surface area (Å²) in [6.07, 6.45) is 0.412. The van der Waals surface area contributed by atoms with Gasteiger partial charge in [-0.2, -0.15) is 0 Å². The van der Waals surface area contributed by atoms with E-state index in [1.54, 1.807) is 6.07 Å². The average molecular weight is 346 g/mol. The maximum Gasteiger partial charge on any atom is 0.239 e. The summed E-state index contributed by atoms with van der Waals surface area (Å²) in [6.45, 7) is 3.67. The number of anilines is 1. The molecule has 0 fully saturated rings. The van der Waals surface area contributed by atoms with Gasteiger partial charge in [0.25, 0.3) is 0 Å². The lowest BCUT2D eigenvalue weighted by molar-refractivity contribution is -0.115. The summed E-state index contributed by atoms with van der Waals surface area (Å²) in [5, 5.41) is 2.69. The fourth-order valence-corrected chi connectivity index (χ4v) is 3.17. The van der Waals surface area contributed by atoms with Crippen molar-refractivity contribution >= 4 is 21.6 Å². The maximum atomic E-state index is 12.0. The molecule has 0 atom stereocenters. The van der Waals surface area contributed by atoms with Crippen molar-refractivity contribution in [3.8, 4) is 0 Å². The number of sulfonamides is 1. The van der Waals surface area contributed by atoms with Gasteiger partial charge in [-0.3, -0.25) is 4.79 Å². The van der Waals surface area contributed by atoms with Crippen LogP contribution in [0.3, 0.4) is 0 Å². The molecule has 2 N–H and O–H groups in total. The van der Waals surface area contributed by atoms with Gasteiger partial charge in [-0.15, -0.1) is 0 Å². The summed E-state index contributed by atoms with van der Waals surface area (Å²) in [6, 6.07) is 14.9. The highest BCUT2D eigenvalue weighted by Gasteiger charge is 2.13. The van der Waals surface area contributed by atoms with Crippen LogP contribution < -0.4 is 10.0 Å². The number of aryl methyl sites for hydroxylation is 3. The second-order valence-corrected chi connectivity index (χ2v) is 7.65. The number of benzene rings is 2. The molecule has 24 heavy (non-hydrogen) atoms. The molecule has 128 valence electrons. The first-order valence-electron chi connectivity index (χ1n) is 7.74. The third-order valence-electron chi connectivity index (χ3n) is 3.75. The number of carbonyl (C=O) groups excluding carboxylic acids is 1. The number of hydrogen-bond acceptors (Lipinski definition) is 3. The minimum atomic E-state index is -3.49. The molecule has 0 aliphatic heterocycles. The van der Waals surface area contributed by atoms with Crippen molar-refractivity contribution in [3.63, 3.8) is 0 Å². The molecule has 0 aliphatic carbocycles. The van der Waals surface area contributed by atoms with Gasteiger partial charge in [-0.25, -0.2) is 13.1 Å². The van der Waals surface area contributed by atoms with Gasteiger partial charge >= 0.3 is 0 Å². The molecule has 0 saturated carbocycles. The zero-order valence-electron chi connectivity index (χ0n) is 13.9. The smallest absolute Gasteiger partial charge is 0.239 e. The predicted octanol–water partition coefficient (Wildman–Crippen LogP) is 2.40. The van der Waals surface area contributed by atoms with Crippen molar-refractivity contribution in [2.24, 2.45) is 0 Å². The van der Waals surface area contributed by atoms with Gasteiger partial charge in [0, 0.05) is 5.69 Å². The summed E-state index contributed by atoms with van der Waals surface area (Å²) in [4.78, 5) is 11.9. The van der Waals surface area contributed by atoms with Crippen molar-refractivity contribution in [1.82, 2.24) is 4.72 Å². The Morgan fingerprint density at radius 1 is 1.00 bits per heavy atom. The molecule has 0 radical (unpaired) electrons. The van der Waals surface area contributed by atoms with E-state index in [1.807, 2.05) is 56.3 Å². The van der Waals surface area contributed by atoms with Crippen LogP contribution in [0.25, 0.3) is 0 Å². The fraction of sp³-hybridized carbons (Fsp3) is 0.278. The lowest BCUT2D eigenvalue weighted by atomic mass is 10.1. The van der Waals surface area contributed by atoms with Gasteiger partial charge in [-0.05, 0) is 49.1 Å². The third kappa shape index (κ3) is 5.79. The largest absolute Gasteiger partial charge is 0.325 e. The molecule has 6 heteroatoms. The van der Waals surface area contributed by atoms with E-state index >= 15 is 0 Å². The molecule has 2 rings (SSSR count). The Bertz CT molecular complexity index is 802. The molecule has 0 aromatic heterocycles. The van der Waals surface area contributed by atoms with Crippen LogP contribution in [-0.4, -0.2) is 26.6 Å².